The molecule has 0 bridgehead atoms. The minimum atomic E-state index is -1.43. The second-order valence-electron chi connectivity index (χ2n) is 6.41. The third-order valence-corrected chi connectivity index (χ3v) is 4.42. The molecule has 0 saturated carbocycles. The fourth-order valence-electron chi connectivity index (χ4n) is 2.95. The summed E-state index contributed by atoms with van der Waals surface area (Å²) < 4.78 is 55.1. The lowest BCUT2D eigenvalue weighted by Gasteiger charge is -2.27. The van der Waals surface area contributed by atoms with Crippen LogP contribution in [0.5, 0.6) is 0 Å². The third-order valence-electron chi connectivity index (χ3n) is 4.42. The monoisotopic (exact) mass is 413 g/mol. The zero-order chi connectivity index (χ0) is 21.3. The molecule has 1 aromatic heterocycles. The SMILES string of the molecule is CC(F)c1nnc2n1CCN(C(=O)CC(=Cc1cc(F)c(F)cc1F)[N+](=O)[O-])C2. The fourth-order valence-corrected chi connectivity index (χ4v) is 2.95. The molecule has 2 heterocycles. The van der Waals surface area contributed by atoms with Crippen molar-refractivity contribution in [3.8, 4) is 0 Å². The van der Waals surface area contributed by atoms with E-state index in [-0.39, 0.29) is 31.5 Å². The van der Waals surface area contributed by atoms with Gasteiger partial charge in [0.05, 0.1) is 11.5 Å². The summed E-state index contributed by atoms with van der Waals surface area (Å²) in [5.74, 6) is -4.19. The van der Waals surface area contributed by atoms with E-state index in [2.05, 4.69) is 10.2 Å². The van der Waals surface area contributed by atoms with Gasteiger partial charge >= 0.3 is 0 Å². The molecule has 0 N–H and O–H groups in total. The molecule has 1 aliphatic heterocycles. The Morgan fingerprint density at radius 1 is 1.24 bits per heavy atom. The first kappa shape index (κ1) is 20.4. The van der Waals surface area contributed by atoms with Gasteiger partial charge in [0.1, 0.15) is 12.2 Å². The van der Waals surface area contributed by atoms with Crippen molar-refractivity contribution in [2.24, 2.45) is 0 Å². The molecule has 29 heavy (non-hydrogen) atoms. The van der Waals surface area contributed by atoms with E-state index in [0.29, 0.717) is 18.0 Å². The van der Waals surface area contributed by atoms with Crippen LogP contribution >= 0.6 is 0 Å². The molecular weight excluding hydrogens is 398 g/mol. The van der Waals surface area contributed by atoms with E-state index in [1.807, 2.05) is 0 Å². The summed E-state index contributed by atoms with van der Waals surface area (Å²) >= 11 is 0. The van der Waals surface area contributed by atoms with Crippen LogP contribution in [0.3, 0.4) is 0 Å². The van der Waals surface area contributed by atoms with Gasteiger partial charge in [0, 0.05) is 30.8 Å². The van der Waals surface area contributed by atoms with Crippen molar-refractivity contribution in [2.45, 2.75) is 32.6 Å². The average Bonchev–Trinajstić information content (AvgIpc) is 3.08. The number of aromatic nitrogens is 3. The van der Waals surface area contributed by atoms with Gasteiger partial charge in [-0.25, -0.2) is 17.6 Å². The number of nitrogens with zero attached hydrogens (tertiary/aromatic N) is 5. The van der Waals surface area contributed by atoms with Crippen LogP contribution < -0.4 is 0 Å². The van der Waals surface area contributed by atoms with Gasteiger partial charge in [-0.2, -0.15) is 0 Å². The first-order valence-electron chi connectivity index (χ1n) is 8.50. The van der Waals surface area contributed by atoms with E-state index >= 15 is 0 Å². The lowest BCUT2D eigenvalue weighted by Crippen LogP contribution is -2.39. The average molecular weight is 413 g/mol. The number of nitro groups is 1. The van der Waals surface area contributed by atoms with Crippen molar-refractivity contribution >= 4 is 12.0 Å². The highest BCUT2D eigenvalue weighted by molar-refractivity contribution is 5.79. The number of benzene rings is 1. The van der Waals surface area contributed by atoms with Crippen LogP contribution in [0.2, 0.25) is 0 Å². The maximum atomic E-state index is 13.8. The van der Waals surface area contributed by atoms with Gasteiger partial charge < -0.3 is 9.47 Å². The summed E-state index contributed by atoms with van der Waals surface area (Å²) in [4.78, 5) is 24.1. The first-order valence-corrected chi connectivity index (χ1v) is 8.50. The highest BCUT2D eigenvalue weighted by Gasteiger charge is 2.28. The predicted molar refractivity (Wildman–Crippen MR) is 90.9 cm³/mol. The quantitative estimate of drug-likeness (QED) is 0.325. The molecule has 1 atom stereocenters. The lowest BCUT2D eigenvalue weighted by molar-refractivity contribution is -0.425. The van der Waals surface area contributed by atoms with E-state index < -0.39 is 52.1 Å². The van der Waals surface area contributed by atoms with E-state index in [1.54, 1.807) is 0 Å². The molecule has 3 rings (SSSR count). The van der Waals surface area contributed by atoms with Crippen LogP contribution in [0.4, 0.5) is 17.6 Å². The Morgan fingerprint density at radius 3 is 2.59 bits per heavy atom. The molecule has 0 spiro atoms. The van der Waals surface area contributed by atoms with Crippen molar-refractivity contribution in [2.75, 3.05) is 6.54 Å². The summed E-state index contributed by atoms with van der Waals surface area (Å²) in [6.45, 7) is 1.64. The van der Waals surface area contributed by atoms with E-state index in [4.69, 9.17) is 0 Å². The topological polar surface area (TPSA) is 94.2 Å². The number of alkyl halides is 1. The van der Waals surface area contributed by atoms with Crippen LogP contribution in [0.1, 0.15) is 36.7 Å². The first-order chi connectivity index (χ1) is 13.7. The third kappa shape index (κ3) is 4.25. The molecule has 1 amide bonds. The number of fused-ring (bicyclic) bond motifs is 1. The van der Waals surface area contributed by atoms with Crippen LogP contribution in [-0.4, -0.2) is 37.0 Å². The van der Waals surface area contributed by atoms with Crippen molar-refractivity contribution in [1.82, 2.24) is 19.7 Å². The molecule has 0 aliphatic carbocycles. The van der Waals surface area contributed by atoms with Gasteiger partial charge in [-0.15, -0.1) is 10.2 Å². The van der Waals surface area contributed by atoms with Gasteiger partial charge in [-0.3, -0.25) is 14.9 Å². The molecule has 1 unspecified atom stereocenters. The maximum Gasteiger partial charge on any atom is 0.256 e. The minimum Gasteiger partial charge on any atom is -0.333 e. The van der Waals surface area contributed by atoms with Crippen molar-refractivity contribution in [1.29, 1.82) is 0 Å². The zero-order valence-corrected chi connectivity index (χ0v) is 15.1. The number of amides is 1. The van der Waals surface area contributed by atoms with Crippen molar-refractivity contribution in [3.05, 3.63) is 62.6 Å². The number of carbonyl (C=O) groups is 1. The Kier molecular flexibility index (Phi) is 5.62. The van der Waals surface area contributed by atoms with Crippen molar-refractivity contribution in [3.63, 3.8) is 0 Å². The standard InChI is InChI=1S/C17H15F4N5O3/c1-9(18)17-23-22-15-8-24(2-3-25(15)17)16(27)6-11(26(28)29)4-10-5-13(20)14(21)7-12(10)19/h4-5,7,9H,2-3,6,8H2,1H3. The Balaban J connectivity index is 1.79. The van der Waals surface area contributed by atoms with Crippen LogP contribution in [0.25, 0.3) is 6.08 Å². The zero-order valence-electron chi connectivity index (χ0n) is 15.1. The number of carbonyl (C=O) groups excluding carboxylic acids is 1. The second kappa shape index (κ2) is 7.97. The van der Waals surface area contributed by atoms with Crippen LogP contribution in [-0.2, 0) is 17.9 Å². The molecule has 8 nitrogen and oxygen atoms in total. The summed E-state index contributed by atoms with van der Waals surface area (Å²) in [6.07, 6.45) is -1.36. The number of rotatable bonds is 5. The summed E-state index contributed by atoms with van der Waals surface area (Å²) in [5, 5.41) is 18.8. The van der Waals surface area contributed by atoms with E-state index in [1.165, 1.54) is 16.4 Å². The fraction of sp³-hybridized carbons (Fsp3) is 0.353. The maximum absolute atomic E-state index is 13.8. The highest BCUT2D eigenvalue weighted by atomic mass is 19.2. The molecule has 1 aromatic carbocycles. The Morgan fingerprint density at radius 2 is 1.93 bits per heavy atom. The van der Waals surface area contributed by atoms with Crippen molar-refractivity contribution < 1.29 is 27.3 Å². The molecule has 1 aliphatic rings. The molecule has 12 heteroatoms. The van der Waals surface area contributed by atoms with Gasteiger partial charge in [0.2, 0.25) is 5.91 Å². The smallest absolute Gasteiger partial charge is 0.256 e. The molecular formula is C17H15F4N5O3. The molecule has 2 aromatic rings. The van der Waals surface area contributed by atoms with Crippen LogP contribution in [0.15, 0.2) is 17.8 Å². The summed E-state index contributed by atoms with van der Waals surface area (Å²) in [7, 11) is 0. The van der Waals surface area contributed by atoms with Crippen LogP contribution in [0, 0.1) is 27.6 Å². The summed E-state index contributed by atoms with van der Waals surface area (Å²) in [6, 6.07) is 0.739. The Labute approximate surface area is 161 Å². The highest BCUT2D eigenvalue weighted by Crippen LogP contribution is 2.22. The van der Waals surface area contributed by atoms with Gasteiger partial charge in [0.15, 0.2) is 29.5 Å². The normalized spacial score (nSPS) is 15.2. The number of hydrogen-bond acceptors (Lipinski definition) is 5. The largest absolute Gasteiger partial charge is 0.333 e. The van der Waals surface area contributed by atoms with E-state index in [9.17, 15) is 32.5 Å². The van der Waals surface area contributed by atoms with E-state index in [0.717, 1.165) is 0 Å². The minimum absolute atomic E-state index is 0.0247. The number of hydrogen-bond donors (Lipinski definition) is 0. The second-order valence-corrected chi connectivity index (χ2v) is 6.41. The molecule has 154 valence electrons. The summed E-state index contributed by atoms with van der Waals surface area (Å²) in [5.41, 5.74) is -1.24. The lowest BCUT2D eigenvalue weighted by atomic mass is 10.1. The number of halogens is 4. The Bertz CT molecular complexity index is 1010. The molecule has 0 fully saturated rings. The van der Waals surface area contributed by atoms with Gasteiger partial charge in [-0.1, -0.05) is 0 Å². The molecule has 0 radical (unpaired) electrons. The molecule has 0 saturated heterocycles. The van der Waals surface area contributed by atoms with Gasteiger partial charge in [0.25, 0.3) is 5.70 Å². The Hall–Kier alpha value is -3.31. The predicted octanol–water partition coefficient (Wildman–Crippen LogP) is 2.78. The van der Waals surface area contributed by atoms with Gasteiger partial charge in [-0.05, 0) is 13.0 Å².